The molecule has 7 heteroatoms. The van der Waals surface area contributed by atoms with Crippen LogP contribution in [0.15, 0.2) is 47.2 Å². The molecule has 0 atom stereocenters. The van der Waals surface area contributed by atoms with Gasteiger partial charge in [0, 0.05) is 24.7 Å². The number of benzene rings is 1. The summed E-state index contributed by atoms with van der Waals surface area (Å²) < 4.78 is 10.6. The van der Waals surface area contributed by atoms with Crippen molar-refractivity contribution in [1.82, 2.24) is 15.3 Å². The van der Waals surface area contributed by atoms with Crippen molar-refractivity contribution >= 4 is 17.5 Å². The van der Waals surface area contributed by atoms with Crippen LogP contribution in [0.2, 0.25) is 5.02 Å². The summed E-state index contributed by atoms with van der Waals surface area (Å²) in [5.74, 6) is 1.11. The highest BCUT2D eigenvalue weighted by Gasteiger charge is 2.09. The number of H-pyrrole nitrogens is 1. The third-order valence-corrected chi connectivity index (χ3v) is 3.67. The Hall–Kier alpha value is -2.73. The molecule has 1 amide bonds. The van der Waals surface area contributed by atoms with Gasteiger partial charge in [-0.1, -0.05) is 11.6 Å². The first-order valence-corrected chi connectivity index (χ1v) is 7.74. The molecule has 3 aromatic rings. The Balaban J connectivity index is 1.55. The molecule has 0 aliphatic carbocycles. The van der Waals surface area contributed by atoms with Crippen molar-refractivity contribution in [2.45, 2.75) is 6.42 Å². The van der Waals surface area contributed by atoms with Gasteiger partial charge in [0.1, 0.15) is 17.7 Å². The van der Waals surface area contributed by atoms with Gasteiger partial charge in [-0.2, -0.15) is 0 Å². The van der Waals surface area contributed by atoms with Crippen molar-refractivity contribution in [3.63, 3.8) is 0 Å². The highest BCUT2D eigenvalue weighted by molar-refractivity contribution is 6.30. The van der Waals surface area contributed by atoms with Crippen LogP contribution >= 0.6 is 11.6 Å². The molecule has 0 spiro atoms. The van der Waals surface area contributed by atoms with Crippen LogP contribution < -0.4 is 10.1 Å². The van der Waals surface area contributed by atoms with Gasteiger partial charge >= 0.3 is 0 Å². The van der Waals surface area contributed by atoms with E-state index in [1.54, 1.807) is 25.6 Å². The Morgan fingerprint density at radius 3 is 2.83 bits per heavy atom. The summed E-state index contributed by atoms with van der Waals surface area (Å²) in [6, 6.07) is 9.03. The summed E-state index contributed by atoms with van der Waals surface area (Å²) >= 11 is 5.77. The first kappa shape index (κ1) is 16.1. The number of carbonyl (C=O) groups is 1. The molecule has 2 aromatic heterocycles. The van der Waals surface area contributed by atoms with Crippen molar-refractivity contribution in [2.75, 3.05) is 13.7 Å². The number of rotatable bonds is 6. The summed E-state index contributed by atoms with van der Waals surface area (Å²) in [5.41, 5.74) is 2.07. The van der Waals surface area contributed by atoms with E-state index in [1.165, 1.54) is 0 Å². The molecule has 0 saturated heterocycles. The Morgan fingerprint density at radius 2 is 2.17 bits per heavy atom. The standard InChI is InChI=1S/C17H16ClN3O3/c1-23-14-4-2-11(3-5-14)17-21-13(10-24-17)6-7-19-16(22)15-8-12(18)9-20-15/h2-5,8-10,20H,6-7H2,1H3,(H,19,22). The largest absolute Gasteiger partial charge is 0.497 e. The SMILES string of the molecule is COc1ccc(-c2nc(CCNC(=O)c3cc(Cl)c[nH]3)co2)cc1. The molecule has 0 radical (unpaired) electrons. The number of ether oxygens (including phenoxy) is 1. The van der Waals surface area contributed by atoms with Crippen LogP contribution in [0.4, 0.5) is 0 Å². The Labute approximate surface area is 143 Å². The van der Waals surface area contributed by atoms with E-state index in [0.717, 1.165) is 17.0 Å². The normalized spacial score (nSPS) is 10.6. The zero-order valence-electron chi connectivity index (χ0n) is 13.0. The quantitative estimate of drug-likeness (QED) is 0.718. The third kappa shape index (κ3) is 3.78. The number of hydrogen-bond donors (Lipinski definition) is 2. The maximum absolute atomic E-state index is 11.9. The van der Waals surface area contributed by atoms with E-state index in [4.69, 9.17) is 20.8 Å². The van der Waals surface area contributed by atoms with Crippen LogP contribution in [0.1, 0.15) is 16.2 Å². The van der Waals surface area contributed by atoms with Crippen LogP contribution in [0, 0.1) is 0 Å². The lowest BCUT2D eigenvalue weighted by Crippen LogP contribution is -2.25. The third-order valence-electron chi connectivity index (χ3n) is 3.45. The number of aromatic nitrogens is 2. The molecule has 24 heavy (non-hydrogen) atoms. The van der Waals surface area contributed by atoms with E-state index in [9.17, 15) is 4.79 Å². The van der Waals surface area contributed by atoms with Gasteiger partial charge in [0.05, 0.1) is 17.8 Å². The molecule has 1 aromatic carbocycles. The molecule has 0 fully saturated rings. The maximum Gasteiger partial charge on any atom is 0.267 e. The molecule has 2 N–H and O–H groups in total. The van der Waals surface area contributed by atoms with Gasteiger partial charge in [-0.05, 0) is 30.3 Å². The van der Waals surface area contributed by atoms with Crippen molar-refractivity contribution in [3.8, 4) is 17.2 Å². The molecule has 0 saturated carbocycles. The molecule has 0 bridgehead atoms. The van der Waals surface area contributed by atoms with Crippen molar-refractivity contribution < 1.29 is 13.9 Å². The number of halogens is 1. The van der Waals surface area contributed by atoms with Crippen LogP contribution in [-0.4, -0.2) is 29.5 Å². The van der Waals surface area contributed by atoms with Crippen LogP contribution in [-0.2, 0) is 6.42 Å². The van der Waals surface area contributed by atoms with E-state index in [1.807, 2.05) is 24.3 Å². The van der Waals surface area contributed by atoms with Gasteiger partial charge in [-0.15, -0.1) is 0 Å². The lowest BCUT2D eigenvalue weighted by molar-refractivity contribution is 0.0949. The lowest BCUT2D eigenvalue weighted by Gasteiger charge is -2.01. The number of amides is 1. The average Bonchev–Trinajstić information content (AvgIpc) is 3.24. The van der Waals surface area contributed by atoms with Gasteiger partial charge in [0.15, 0.2) is 0 Å². The fourth-order valence-corrected chi connectivity index (χ4v) is 2.35. The second-order valence-electron chi connectivity index (χ2n) is 5.11. The van der Waals surface area contributed by atoms with Gasteiger partial charge in [-0.3, -0.25) is 4.79 Å². The Bertz CT molecular complexity index is 824. The van der Waals surface area contributed by atoms with E-state index >= 15 is 0 Å². The fourth-order valence-electron chi connectivity index (χ4n) is 2.19. The zero-order valence-corrected chi connectivity index (χ0v) is 13.8. The monoisotopic (exact) mass is 345 g/mol. The minimum absolute atomic E-state index is 0.208. The summed E-state index contributed by atoms with van der Waals surface area (Å²) in [6.07, 6.45) is 3.73. The Kier molecular flexibility index (Phi) is 4.86. The molecule has 0 aliphatic rings. The predicted octanol–water partition coefficient (Wildman–Crippen LogP) is 3.30. The second kappa shape index (κ2) is 7.23. The number of carbonyl (C=O) groups excluding carboxylic acids is 1. The highest BCUT2D eigenvalue weighted by Crippen LogP contribution is 2.21. The highest BCUT2D eigenvalue weighted by atomic mass is 35.5. The fraction of sp³-hybridized carbons (Fsp3) is 0.176. The topological polar surface area (TPSA) is 80.1 Å². The second-order valence-corrected chi connectivity index (χ2v) is 5.55. The van der Waals surface area contributed by atoms with E-state index in [2.05, 4.69) is 15.3 Å². The molecule has 2 heterocycles. The predicted molar refractivity (Wildman–Crippen MR) is 90.3 cm³/mol. The number of hydrogen-bond acceptors (Lipinski definition) is 4. The van der Waals surface area contributed by atoms with Crippen LogP contribution in [0.25, 0.3) is 11.5 Å². The maximum atomic E-state index is 11.9. The van der Waals surface area contributed by atoms with Gasteiger partial charge < -0.3 is 19.5 Å². The van der Waals surface area contributed by atoms with Crippen molar-refractivity contribution in [3.05, 3.63) is 59.2 Å². The van der Waals surface area contributed by atoms with Crippen molar-refractivity contribution in [2.24, 2.45) is 0 Å². The minimum atomic E-state index is -0.208. The molecule has 0 unspecified atom stereocenters. The van der Waals surface area contributed by atoms with Gasteiger partial charge in [-0.25, -0.2) is 4.98 Å². The summed E-state index contributed by atoms with van der Waals surface area (Å²) in [7, 11) is 1.62. The molecular formula is C17H16ClN3O3. The number of aromatic amines is 1. The minimum Gasteiger partial charge on any atom is -0.497 e. The molecular weight excluding hydrogens is 330 g/mol. The van der Waals surface area contributed by atoms with E-state index in [-0.39, 0.29) is 5.91 Å². The van der Waals surface area contributed by atoms with Crippen molar-refractivity contribution in [1.29, 1.82) is 0 Å². The van der Waals surface area contributed by atoms with Gasteiger partial charge in [0.2, 0.25) is 5.89 Å². The summed E-state index contributed by atoms with van der Waals surface area (Å²) in [5, 5.41) is 3.30. The molecule has 6 nitrogen and oxygen atoms in total. The smallest absolute Gasteiger partial charge is 0.267 e. The molecule has 0 aliphatic heterocycles. The van der Waals surface area contributed by atoms with Crippen LogP contribution in [0.3, 0.4) is 0 Å². The number of oxazole rings is 1. The molecule has 124 valence electrons. The first-order valence-electron chi connectivity index (χ1n) is 7.36. The van der Waals surface area contributed by atoms with Crippen LogP contribution in [0.5, 0.6) is 5.75 Å². The molecule has 3 rings (SSSR count). The number of nitrogens with one attached hydrogen (secondary N) is 2. The zero-order chi connectivity index (χ0) is 16.9. The average molecular weight is 346 g/mol. The summed E-state index contributed by atoms with van der Waals surface area (Å²) in [4.78, 5) is 19.1. The first-order chi connectivity index (χ1) is 11.7. The Morgan fingerprint density at radius 1 is 1.38 bits per heavy atom. The van der Waals surface area contributed by atoms with E-state index < -0.39 is 0 Å². The lowest BCUT2D eigenvalue weighted by atomic mass is 10.2. The van der Waals surface area contributed by atoms with E-state index in [0.29, 0.717) is 29.6 Å². The summed E-state index contributed by atoms with van der Waals surface area (Å²) in [6.45, 7) is 0.448. The van der Waals surface area contributed by atoms with Gasteiger partial charge in [0.25, 0.3) is 5.91 Å². The number of nitrogens with zero attached hydrogens (tertiary/aromatic N) is 1. The number of methoxy groups -OCH3 is 1.